The molecule has 3 N–H and O–H groups in total. The predicted molar refractivity (Wildman–Crippen MR) is 79.2 cm³/mol. The minimum atomic E-state index is -3.22. The van der Waals surface area contributed by atoms with Gasteiger partial charge in [-0.25, -0.2) is 8.42 Å². The van der Waals surface area contributed by atoms with E-state index in [4.69, 9.17) is 0 Å². The molecule has 6 heteroatoms. The number of rotatable bonds is 4. The van der Waals surface area contributed by atoms with Gasteiger partial charge in [-0.15, -0.1) is 0 Å². The van der Waals surface area contributed by atoms with E-state index in [1.807, 2.05) is 19.1 Å². The molecule has 0 amide bonds. The van der Waals surface area contributed by atoms with Gasteiger partial charge in [-0.2, -0.15) is 0 Å². The molecule has 106 valence electrons. The van der Waals surface area contributed by atoms with Crippen molar-refractivity contribution in [2.24, 2.45) is 0 Å². The first-order chi connectivity index (χ1) is 8.94. The van der Waals surface area contributed by atoms with Crippen molar-refractivity contribution in [3.05, 3.63) is 23.8 Å². The minimum absolute atomic E-state index is 0.446. The molecule has 1 aromatic rings. The Balaban J connectivity index is 2.05. The van der Waals surface area contributed by atoms with E-state index in [2.05, 4.69) is 15.4 Å². The van der Waals surface area contributed by atoms with Crippen molar-refractivity contribution in [2.45, 2.75) is 25.8 Å². The number of nitrogens with one attached hydrogen (secondary N) is 3. The molecule has 0 aliphatic carbocycles. The number of anilines is 2. The molecule has 0 spiro atoms. The zero-order chi connectivity index (χ0) is 13.9. The van der Waals surface area contributed by atoms with E-state index in [0.717, 1.165) is 37.0 Å². The quantitative estimate of drug-likeness (QED) is 0.784. The van der Waals surface area contributed by atoms with Gasteiger partial charge in [0.2, 0.25) is 10.0 Å². The van der Waals surface area contributed by atoms with Crippen LogP contribution in [-0.2, 0) is 10.0 Å². The first-order valence-electron chi connectivity index (χ1n) is 6.50. The first-order valence-corrected chi connectivity index (χ1v) is 8.39. The summed E-state index contributed by atoms with van der Waals surface area (Å²) in [4.78, 5) is 0. The highest BCUT2D eigenvalue weighted by atomic mass is 32.2. The number of piperidine rings is 1. The summed E-state index contributed by atoms with van der Waals surface area (Å²) in [5.74, 6) is 0. The van der Waals surface area contributed by atoms with Gasteiger partial charge in [0.25, 0.3) is 0 Å². The van der Waals surface area contributed by atoms with Gasteiger partial charge in [0, 0.05) is 18.3 Å². The summed E-state index contributed by atoms with van der Waals surface area (Å²) in [6, 6.07) is 6.13. The van der Waals surface area contributed by atoms with E-state index in [1.165, 1.54) is 6.42 Å². The third-order valence-electron chi connectivity index (χ3n) is 3.19. The van der Waals surface area contributed by atoms with Gasteiger partial charge in [-0.3, -0.25) is 4.72 Å². The van der Waals surface area contributed by atoms with Crippen LogP contribution in [-0.4, -0.2) is 33.8 Å². The van der Waals surface area contributed by atoms with E-state index >= 15 is 0 Å². The average Bonchev–Trinajstić information content (AvgIpc) is 2.33. The van der Waals surface area contributed by atoms with Gasteiger partial charge >= 0.3 is 0 Å². The first kappa shape index (κ1) is 14.1. The van der Waals surface area contributed by atoms with Crippen LogP contribution in [0.3, 0.4) is 0 Å². The van der Waals surface area contributed by atoms with Crippen molar-refractivity contribution >= 4 is 21.4 Å². The normalized spacial score (nSPS) is 20.0. The van der Waals surface area contributed by atoms with Crippen LogP contribution in [0.15, 0.2) is 18.2 Å². The smallest absolute Gasteiger partial charge is 0.229 e. The molecule has 1 unspecified atom stereocenters. The second-order valence-electron chi connectivity index (χ2n) is 5.09. The van der Waals surface area contributed by atoms with E-state index in [-0.39, 0.29) is 0 Å². The molecule has 0 bridgehead atoms. The topological polar surface area (TPSA) is 70.2 Å². The lowest BCUT2D eigenvalue weighted by atomic mass is 10.1. The van der Waals surface area contributed by atoms with Crippen molar-refractivity contribution in [1.82, 2.24) is 5.32 Å². The fourth-order valence-corrected chi connectivity index (χ4v) is 2.91. The molecule has 0 aromatic heterocycles. The zero-order valence-electron chi connectivity index (χ0n) is 11.4. The predicted octanol–water partition coefficient (Wildman–Crippen LogP) is 1.53. The average molecular weight is 283 g/mol. The Morgan fingerprint density at radius 1 is 1.37 bits per heavy atom. The van der Waals surface area contributed by atoms with Crippen LogP contribution in [0.25, 0.3) is 0 Å². The fourth-order valence-electron chi connectivity index (χ4n) is 2.28. The second kappa shape index (κ2) is 5.79. The Bertz CT molecular complexity index is 537. The number of aryl methyl sites for hydroxylation is 1. The molecule has 19 heavy (non-hydrogen) atoms. The molecule has 5 nitrogen and oxygen atoms in total. The number of benzene rings is 1. The lowest BCUT2D eigenvalue weighted by Crippen LogP contribution is -2.38. The maximum absolute atomic E-state index is 11.2. The Kier molecular flexibility index (Phi) is 4.31. The van der Waals surface area contributed by atoms with Crippen LogP contribution >= 0.6 is 0 Å². The van der Waals surface area contributed by atoms with Gasteiger partial charge in [-0.1, -0.05) is 0 Å². The highest BCUT2D eigenvalue weighted by Crippen LogP contribution is 2.21. The van der Waals surface area contributed by atoms with Crippen molar-refractivity contribution in [3.8, 4) is 0 Å². The summed E-state index contributed by atoms with van der Waals surface area (Å²) in [5, 5.41) is 6.83. The number of hydrogen-bond donors (Lipinski definition) is 3. The van der Waals surface area contributed by atoms with Crippen LogP contribution in [0.5, 0.6) is 0 Å². The Morgan fingerprint density at radius 2 is 2.16 bits per heavy atom. The third-order valence-corrected chi connectivity index (χ3v) is 3.78. The highest BCUT2D eigenvalue weighted by Gasteiger charge is 2.13. The van der Waals surface area contributed by atoms with Crippen LogP contribution in [0.2, 0.25) is 0 Å². The summed E-state index contributed by atoms with van der Waals surface area (Å²) in [7, 11) is -3.22. The molecule has 0 saturated carbocycles. The van der Waals surface area contributed by atoms with Crippen LogP contribution in [0.4, 0.5) is 11.4 Å². The molecule has 1 aromatic carbocycles. The standard InChI is InChI=1S/C13H21N3O2S/c1-10-8-11(15-12-4-3-7-14-9-12)5-6-13(10)16-19(2,17)18/h5-6,8,12,14-16H,3-4,7,9H2,1-2H3. The van der Waals surface area contributed by atoms with Crippen LogP contribution in [0.1, 0.15) is 18.4 Å². The maximum Gasteiger partial charge on any atom is 0.229 e. The van der Waals surface area contributed by atoms with Crippen LogP contribution in [0, 0.1) is 6.92 Å². The van der Waals surface area contributed by atoms with Crippen molar-refractivity contribution in [1.29, 1.82) is 0 Å². The molecule has 0 radical (unpaired) electrons. The van der Waals surface area contributed by atoms with Crippen molar-refractivity contribution in [2.75, 3.05) is 29.4 Å². The highest BCUT2D eigenvalue weighted by molar-refractivity contribution is 7.92. The largest absolute Gasteiger partial charge is 0.381 e. The van der Waals surface area contributed by atoms with Gasteiger partial charge in [0.05, 0.1) is 11.9 Å². The van der Waals surface area contributed by atoms with Gasteiger partial charge in [0.15, 0.2) is 0 Å². The summed E-state index contributed by atoms with van der Waals surface area (Å²) >= 11 is 0. The molecule has 1 aliphatic heterocycles. The van der Waals surface area contributed by atoms with Gasteiger partial charge in [-0.05, 0) is 50.1 Å². The van der Waals surface area contributed by atoms with E-state index in [0.29, 0.717) is 11.7 Å². The molecule has 1 aliphatic rings. The molecule has 1 atom stereocenters. The molecule has 1 heterocycles. The molecular weight excluding hydrogens is 262 g/mol. The second-order valence-corrected chi connectivity index (χ2v) is 6.84. The monoisotopic (exact) mass is 283 g/mol. The summed E-state index contributed by atoms with van der Waals surface area (Å²) in [5.41, 5.74) is 2.58. The Morgan fingerprint density at radius 3 is 2.74 bits per heavy atom. The zero-order valence-corrected chi connectivity index (χ0v) is 12.2. The van der Waals surface area contributed by atoms with Crippen molar-refractivity contribution < 1.29 is 8.42 Å². The molecule has 2 rings (SSSR count). The Labute approximate surface area is 114 Å². The van der Waals surface area contributed by atoms with E-state index in [9.17, 15) is 8.42 Å². The summed E-state index contributed by atoms with van der Waals surface area (Å²) in [6.45, 7) is 3.97. The molecule has 1 fully saturated rings. The lowest BCUT2D eigenvalue weighted by Gasteiger charge is -2.25. The SMILES string of the molecule is Cc1cc(NC2CCCNC2)ccc1NS(C)(=O)=O. The lowest BCUT2D eigenvalue weighted by molar-refractivity contribution is 0.480. The van der Waals surface area contributed by atoms with Crippen molar-refractivity contribution in [3.63, 3.8) is 0 Å². The maximum atomic E-state index is 11.2. The summed E-state index contributed by atoms with van der Waals surface area (Å²) < 4.78 is 25.0. The molecular formula is C13H21N3O2S. The van der Waals surface area contributed by atoms with Gasteiger partial charge in [0.1, 0.15) is 0 Å². The number of sulfonamides is 1. The third kappa shape index (κ3) is 4.40. The summed E-state index contributed by atoms with van der Waals surface area (Å²) in [6.07, 6.45) is 3.51. The Hall–Kier alpha value is -1.27. The van der Waals surface area contributed by atoms with E-state index in [1.54, 1.807) is 6.07 Å². The number of hydrogen-bond acceptors (Lipinski definition) is 4. The van der Waals surface area contributed by atoms with E-state index < -0.39 is 10.0 Å². The van der Waals surface area contributed by atoms with Crippen LogP contribution < -0.4 is 15.4 Å². The van der Waals surface area contributed by atoms with Gasteiger partial charge < -0.3 is 10.6 Å². The minimum Gasteiger partial charge on any atom is -0.381 e. The molecule has 1 saturated heterocycles. The fraction of sp³-hybridized carbons (Fsp3) is 0.538.